The van der Waals surface area contributed by atoms with Crippen molar-refractivity contribution in [2.24, 2.45) is 11.8 Å². The Morgan fingerprint density at radius 2 is 1.77 bits per heavy atom. The molecule has 3 aliphatic rings. The zero-order chi connectivity index (χ0) is 27.3. The van der Waals surface area contributed by atoms with Gasteiger partial charge in [-0.25, -0.2) is 13.2 Å². The Morgan fingerprint density at radius 1 is 1.03 bits per heavy atom. The van der Waals surface area contributed by atoms with E-state index < -0.39 is 40.9 Å². The van der Waals surface area contributed by atoms with Crippen molar-refractivity contribution >= 4 is 11.8 Å². The predicted octanol–water partition coefficient (Wildman–Crippen LogP) is 4.20. The van der Waals surface area contributed by atoms with Gasteiger partial charge in [0.25, 0.3) is 11.8 Å². The number of pyridine rings is 1. The molecule has 7 nitrogen and oxygen atoms in total. The number of benzene rings is 2. The Hall–Kier alpha value is -4.08. The molecule has 1 saturated heterocycles. The van der Waals surface area contributed by atoms with Crippen molar-refractivity contribution in [1.82, 2.24) is 14.8 Å². The number of carbonyl (C=O) groups is 2. The van der Waals surface area contributed by atoms with Crippen LogP contribution >= 0.6 is 0 Å². The lowest BCUT2D eigenvalue weighted by Crippen LogP contribution is -2.47. The van der Waals surface area contributed by atoms with Gasteiger partial charge in [-0.2, -0.15) is 0 Å². The molecule has 1 aliphatic carbocycles. The van der Waals surface area contributed by atoms with Crippen LogP contribution in [-0.2, 0) is 13.2 Å². The third kappa shape index (κ3) is 4.57. The SMILES string of the molecule is O=C(NCc1c(F)cc(F)cc1F)c1cn2c(c(OCc3ccccc3)c1=O)C(=O)N1CC3CC[C@@H](C3)[C@@H]2C1. The molecule has 6 rings (SSSR count). The van der Waals surface area contributed by atoms with E-state index in [2.05, 4.69) is 5.32 Å². The lowest BCUT2D eigenvalue weighted by Gasteiger charge is -2.38. The van der Waals surface area contributed by atoms with Gasteiger partial charge in [-0.3, -0.25) is 14.4 Å². The van der Waals surface area contributed by atoms with E-state index >= 15 is 0 Å². The van der Waals surface area contributed by atoms with Gasteiger partial charge < -0.3 is 19.5 Å². The van der Waals surface area contributed by atoms with Crippen molar-refractivity contribution in [3.05, 3.63) is 98.7 Å². The van der Waals surface area contributed by atoms with Crippen LogP contribution in [-0.4, -0.2) is 34.4 Å². The van der Waals surface area contributed by atoms with E-state index in [1.165, 1.54) is 6.20 Å². The van der Waals surface area contributed by atoms with E-state index in [1.807, 2.05) is 30.3 Å². The van der Waals surface area contributed by atoms with Crippen LogP contribution in [0.1, 0.15) is 57.3 Å². The quantitative estimate of drug-likeness (QED) is 0.511. The fourth-order valence-electron chi connectivity index (χ4n) is 6.13. The minimum atomic E-state index is -1.15. The molecule has 0 spiro atoms. The van der Waals surface area contributed by atoms with Gasteiger partial charge in [-0.05, 0) is 36.7 Å². The van der Waals surface area contributed by atoms with Crippen molar-refractivity contribution in [3.63, 3.8) is 0 Å². The van der Waals surface area contributed by atoms with Gasteiger partial charge >= 0.3 is 0 Å². The molecule has 3 heterocycles. The number of ether oxygens (including phenoxy) is 1. The molecule has 2 aliphatic heterocycles. The summed E-state index contributed by atoms with van der Waals surface area (Å²) in [7, 11) is 0. The first-order valence-corrected chi connectivity index (χ1v) is 13.0. The van der Waals surface area contributed by atoms with Gasteiger partial charge in [0.1, 0.15) is 29.6 Å². The minimum absolute atomic E-state index is 0.00412. The molecule has 10 heteroatoms. The molecule has 0 radical (unpaired) electrons. The molecule has 3 aromatic rings. The van der Waals surface area contributed by atoms with Crippen LogP contribution in [0, 0.1) is 29.3 Å². The highest BCUT2D eigenvalue weighted by Gasteiger charge is 2.45. The topological polar surface area (TPSA) is 80.6 Å². The summed E-state index contributed by atoms with van der Waals surface area (Å²) in [4.78, 5) is 42.2. The van der Waals surface area contributed by atoms with E-state index in [-0.39, 0.29) is 41.5 Å². The maximum absolute atomic E-state index is 14.1. The molecule has 1 saturated carbocycles. The van der Waals surface area contributed by atoms with Crippen molar-refractivity contribution in [2.45, 2.75) is 38.5 Å². The molecule has 4 bridgehead atoms. The molecule has 1 N–H and O–H groups in total. The average molecular weight is 538 g/mol. The van der Waals surface area contributed by atoms with Crippen molar-refractivity contribution in [1.29, 1.82) is 0 Å². The van der Waals surface area contributed by atoms with Crippen molar-refractivity contribution in [2.75, 3.05) is 13.1 Å². The second-order valence-corrected chi connectivity index (χ2v) is 10.5. The molecule has 202 valence electrons. The maximum atomic E-state index is 14.1. The Balaban J connectivity index is 1.40. The third-order valence-electron chi connectivity index (χ3n) is 8.05. The highest BCUT2D eigenvalue weighted by atomic mass is 19.1. The zero-order valence-electron chi connectivity index (χ0n) is 21.0. The molecule has 1 unspecified atom stereocenters. The number of rotatable bonds is 6. The molecule has 1 aromatic heterocycles. The molecule has 3 atom stereocenters. The first kappa shape index (κ1) is 25.2. The molecule has 2 amide bonds. The lowest BCUT2D eigenvalue weighted by molar-refractivity contribution is 0.0620. The lowest BCUT2D eigenvalue weighted by atomic mass is 9.95. The molecule has 2 aromatic carbocycles. The summed E-state index contributed by atoms with van der Waals surface area (Å²) >= 11 is 0. The standard InChI is InChI=1S/C29H26F3N3O4/c30-19-9-22(31)20(23(32)10-19)11-33-28(37)21-13-35-24-14-34(12-17-6-7-18(24)8-17)29(38)25(35)27(26(21)36)39-15-16-4-2-1-3-5-16/h1-5,9-10,13,17-18,24H,6-8,11-12,14-15H2,(H,33,37)/t17?,18-,24-/m0/s1. The van der Waals surface area contributed by atoms with Crippen molar-refractivity contribution in [3.8, 4) is 5.75 Å². The number of nitrogens with zero attached hydrogens (tertiary/aromatic N) is 2. The highest BCUT2D eigenvalue weighted by Crippen LogP contribution is 2.45. The van der Waals surface area contributed by atoms with Crippen LogP contribution < -0.4 is 15.5 Å². The Labute approximate surface area is 222 Å². The number of amides is 2. The van der Waals surface area contributed by atoms with Crippen LogP contribution in [0.5, 0.6) is 5.75 Å². The van der Waals surface area contributed by atoms with Gasteiger partial charge in [-0.15, -0.1) is 0 Å². The Morgan fingerprint density at radius 3 is 2.51 bits per heavy atom. The average Bonchev–Trinajstić information content (AvgIpc) is 3.29. The predicted molar refractivity (Wildman–Crippen MR) is 135 cm³/mol. The van der Waals surface area contributed by atoms with Gasteiger partial charge in [0, 0.05) is 43.5 Å². The summed E-state index contributed by atoms with van der Waals surface area (Å²) in [6.07, 6.45) is 4.32. The molecule has 2 fully saturated rings. The summed E-state index contributed by atoms with van der Waals surface area (Å²) in [5.41, 5.74) is -0.729. The number of carbonyl (C=O) groups excluding carboxylic acids is 2. The summed E-state index contributed by atoms with van der Waals surface area (Å²) in [6, 6.07) is 10.0. The van der Waals surface area contributed by atoms with Crippen LogP contribution in [0.3, 0.4) is 0 Å². The van der Waals surface area contributed by atoms with Crippen molar-refractivity contribution < 1.29 is 27.5 Å². The normalized spacial score (nSPS) is 21.4. The second kappa shape index (κ2) is 9.91. The molecule has 39 heavy (non-hydrogen) atoms. The number of hydrogen-bond acceptors (Lipinski definition) is 4. The van der Waals surface area contributed by atoms with E-state index in [0.717, 1.165) is 24.8 Å². The monoisotopic (exact) mass is 537 g/mol. The zero-order valence-corrected chi connectivity index (χ0v) is 21.0. The molecular weight excluding hydrogens is 511 g/mol. The Kier molecular flexibility index (Phi) is 6.40. The fraction of sp³-hybridized carbons (Fsp3) is 0.345. The van der Waals surface area contributed by atoms with Gasteiger partial charge in [0.2, 0.25) is 5.43 Å². The van der Waals surface area contributed by atoms with Crippen LogP contribution in [0.15, 0.2) is 53.5 Å². The van der Waals surface area contributed by atoms with Gasteiger partial charge in [0.15, 0.2) is 11.4 Å². The van der Waals surface area contributed by atoms with Gasteiger partial charge in [0.05, 0.1) is 6.04 Å². The largest absolute Gasteiger partial charge is 0.483 e. The maximum Gasteiger partial charge on any atom is 0.274 e. The summed E-state index contributed by atoms with van der Waals surface area (Å²) in [5, 5.41) is 2.37. The first-order valence-electron chi connectivity index (χ1n) is 13.0. The minimum Gasteiger partial charge on any atom is -0.483 e. The number of halogens is 3. The Bertz CT molecular complexity index is 1500. The second-order valence-electron chi connectivity index (χ2n) is 10.5. The highest BCUT2D eigenvalue weighted by molar-refractivity contribution is 5.99. The van der Waals surface area contributed by atoms with E-state index in [1.54, 1.807) is 9.47 Å². The first-order chi connectivity index (χ1) is 18.8. The van der Waals surface area contributed by atoms with Crippen LogP contribution in [0.2, 0.25) is 0 Å². The smallest absolute Gasteiger partial charge is 0.274 e. The summed E-state index contributed by atoms with van der Waals surface area (Å²) in [6.45, 7) is 0.499. The molecular formula is C29H26F3N3O4. The summed E-state index contributed by atoms with van der Waals surface area (Å²) < 4.78 is 49.2. The number of fused-ring (bicyclic) bond motifs is 7. The van der Waals surface area contributed by atoms with Crippen LogP contribution in [0.25, 0.3) is 0 Å². The van der Waals surface area contributed by atoms with E-state index in [9.17, 15) is 27.6 Å². The fourth-order valence-corrected chi connectivity index (χ4v) is 6.13. The van der Waals surface area contributed by atoms with Gasteiger partial charge in [-0.1, -0.05) is 30.3 Å². The number of hydrogen-bond donors (Lipinski definition) is 1. The van der Waals surface area contributed by atoms with Crippen LogP contribution in [0.4, 0.5) is 13.2 Å². The third-order valence-corrected chi connectivity index (χ3v) is 8.05. The van der Waals surface area contributed by atoms with E-state index in [4.69, 9.17) is 4.74 Å². The summed E-state index contributed by atoms with van der Waals surface area (Å²) in [5.74, 6) is -4.13. The number of nitrogens with one attached hydrogen (secondary N) is 1. The number of aromatic nitrogens is 1. The van der Waals surface area contributed by atoms with E-state index in [0.29, 0.717) is 31.1 Å².